The number of aryl methyl sites for hydroxylation is 1. The largest absolute Gasteiger partial charge is 0.352 e. The van der Waals surface area contributed by atoms with Gasteiger partial charge in [0.15, 0.2) is 5.96 Å². The van der Waals surface area contributed by atoms with E-state index in [1.54, 1.807) is 18.4 Å². The molecule has 1 aromatic heterocycles. The zero-order valence-electron chi connectivity index (χ0n) is 11.3. The van der Waals surface area contributed by atoms with E-state index in [-0.39, 0.29) is 0 Å². The van der Waals surface area contributed by atoms with Gasteiger partial charge in [0.25, 0.3) is 0 Å². The Morgan fingerprint density at radius 2 is 2.00 bits per heavy atom. The molecule has 1 heterocycles. The monoisotopic (exact) mass is 273 g/mol. The summed E-state index contributed by atoms with van der Waals surface area (Å²) in [5.41, 5.74) is 2.54. The summed E-state index contributed by atoms with van der Waals surface area (Å²) in [6.45, 7) is 3.70. The lowest BCUT2D eigenvalue weighted by molar-refractivity contribution is 0.815. The predicted octanol–water partition coefficient (Wildman–Crippen LogP) is 2.92. The fourth-order valence-electron chi connectivity index (χ4n) is 1.81. The molecule has 0 unspecified atom stereocenters. The van der Waals surface area contributed by atoms with Crippen molar-refractivity contribution >= 4 is 17.3 Å². The fraction of sp³-hybridized carbons (Fsp3) is 0.267. The summed E-state index contributed by atoms with van der Waals surface area (Å²) in [4.78, 5) is 5.53. The average molecular weight is 273 g/mol. The van der Waals surface area contributed by atoms with Gasteiger partial charge in [0.2, 0.25) is 0 Å². The van der Waals surface area contributed by atoms with Crippen LogP contribution in [-0.4, -0.2) is 13.0 Å². The number of benzene rings is 1. The molecular formula is C15H19N3S. The minimum atomic E-state index is 0.784. The standard InChI is InChI=1S/C15H19N3S/c1-12-5-3-6-13(9-12)10-17-15(16-2)18-11-14-7-4-8-19-14/h3-9H,10-11H2,1-2H3,(H2,16,17,18). The second-order valence-electron chi connectivity index (χ2n) is 4.35. The van der Waals surface area contributed by atoms with E-state index >= 15 is 0 Å². The number of thiophene rings is 1. The van der Waals surface area contributed by atoms with Crippen LogP contribution in [0.5, 0.6) is 0 Å². The molecule has 2 N–H and O–H groups in total. The molecule has 0 atom stereocenters. The van der Waals surface area contributed by atoms with Gasteiger partial charge in [-0.05, 0) is 23.9 Å². The van der Waals surface area contributed by atoms with E-state index in [4.69, 9.17) is 0 Å². The predicted molar refractivity (Wildman–Crippen MR) is 82.5 cm³/mol. The van der Waals surface area contributed by atoms with Crippen LogP contribution in [0, 0.1) is 6.92 Å². The molecule has 19 heavy (non-hydrogen) atoms. The molecule has 2 aromatic rings. The summed E-state index contributed by atoms with van der Waals surface area (Å²) in [5, 5.41) is 8.71. The van der Waals surface area contributed by atoms with Crippen LogP contribution in [0.1, 0.15) is 16.0 Å². The molecule has 0 fully saturated rings. The Balaban J connectivity index is 1.83. The van der Waals surface area contributed by atoms with Crippen LogP contribution in [0.4, 0.5) is 0 Å². The van der Waals surface area contributed by atoms with Crippen LogP contribution in [0.2, 0.25) is 0 Å². The number of hydrogen-bond acceptors (Lipinski definition) is 2. The van der Waals surface area contributed by atoms with E-state index in [2.05, 4.69) is 64.3 Å². The summed E-state index contributed by atoms with van der Waals surface area (Å²) in [7, 11) is 1.79. The van der Waals surface area contributed by atoms with Gasteiger partial charge < -0.3 is 10.6 Å². The van der Waals surface area contributed by atoms with Crippen molar-refractivity contribution in [1.82, 2.24) is 10.6 Å². The average Bonchev–Trinajstić information content (AvgIpc) is 2.92. The van der Waals surface area contributed by atoms with Crippen LogP contribution in [0.15, 0.2) is 46.8 Å². The Labute approximate surface area is 118 Å². The SMILES string of the molecule is CN=C(NCc1cccc(C)c1)NCc1cccs1. The van der Waals surface area contributed by atoms with Gasteiger partial charge in [-0.3, -0.25) is 4.99 Å². The molecule has 3 nitrogen and oxygen atoms in total. The van der Waals surface area contributed by atoms with Gasteiger partial charge in [0.1, 0.15) is 0 Å². The van der Waals surface area contributed by atoms with Gasteiger partial charge in [-0.15, -0.1) is 11.3 Å². The maximum absolute atomic E-state index is 4.22. The molecule has 0 saturated carbocycles. The molecule has 0 radical (unpaired) electrons. The number of nitrogens with zero attached hydrogens (tertiary/aromatic N) is 1. The minimum absolute atomic E-state index is 0.784. The number of hydrogen-bond donors (Lipinski definition) is 2. The molecular weight excluding hydrogens is 254 g/mol. The van der Waals surface area contributed by atoms with Crippen LogP contribution in [0.25, 0.3) is 0 Å². The van der Waals surface area contributed by atoms with E-state index in [1.165, 1.54) is 16.0 Å². The van der Waals surface area contributed by atoms with Gasteiger partial charge >= 0.3 is 0 Å². The Hall–Kier alpha value is -1.81. The molecule has 0 spiro atoms. The first kappa shape index (κ1) is 13.6. The van der Waals surface area contributed by atoms with E-state index in [0.717, 1.165) is 19.0 Å². The molecule has 1 aromatic carbocycles. The first-order valence-corrected chi connectivity index (χ1v) is 7.18. The van der Waals surface area contributed by atoms with E-state index in [0.29, 0.717) is 0 Å². The lowest BCUT2D eigenvalue weighted by Gasteiger charge is -2.11. The third-order valence-electron chi connectivity index (χ3n) is 2.78. The third-order valence-corrected chi connectivity index (χ3v) is 3.65. The quantitative estimate of drug-likeness (QED) is 0.664. The lowest BCUT2D eigenvalue weighted by atomic mass is 10.1. The van der Waals surface area contributed by atoms with Crippen molar-refractivity contribution in [2.45, 2.75) is 20.0 Å². The van der Waals surface area contributed by atoms with Crippen molar-refractivity contribution in [3.8, 4) is 0 Å². The van der Waals surface area contributed by atoms with Crippen LogP contribution >= 0.6 is 11.3 Å². The van der Waals surface area contributed by atoms with Crippen molar-refractivity contribution in [3.63, 3.8) is 0 Å². The molecule has 0 aliphatic carbocycles. The molecule has 4 heteroatoms. The second kappa shape index (κ2) is 6.95. The molecule has 0 aliphatic rings. The summed E-state index contributed by atoms with van der Waals surface area (Å²) in [6.07, 6.45) is 0. The number of guanidine groups is 1. The van der Waals surface area contributed by atoms with Crippen molar-refractivity contribution in [1.29, 1.82) is 0 Å². The van der Waals surface area contributed by atoms with Crippen molar-refractivity contribution in [2.75, 3.05) is 7.05 Å². The van der Waals surface area contributed by atoms with Crippen molar-refractivity contribution < 1.29 is 0 Å². The molecule has 0 bridgehead atoms. The van der Waals surface area contributed by atoms with E-state index in [1.807, 2.05) is 0 Å². The second-order valence-corrected chi connectivity index (χ2v) is 5.38. The minimum Gasteiger partial charge on any atom is -0.352 e. The zero-order valence-corrected chi connectivity index (χ0v) is 12.1. The van der Waals surface area contributed by atoms with Gasteiger partial charge in [-0.1, -0.05) is 35.9 Å². The highest BCUT2D eigenvalue weighted by Crippen LogP contribution is 2.07. The van der Waals surface area contributed by atoms with E-state index < -0.39 is 0 Å². The first-order chi connectivity index (χ1) is 9.28. The van der Waals surface area contributed by atoms with Crippen molar-refractivity contribution in [3.05, 3.63) is 57.8 Å². The van der Waals surface area contributed by atoms with Crippen LogP contribution in [-0.2, 0) is 13.1 Å². The lowest BCUT2D eigenvalue weighted by Crippen LogP contribution is -2.36. The van der Waals surface area contributed by atoms with Gasteiger partial charge in [0, 0.05) is 18.5 Å². The highest BCUT2D eigenvalue weighted by Gasteiger charge is 1.99. The Morgan fingerprint density at radius 1 is 1.16 bits per heavy atom. The molecule has 100 valence electrons. The number of aliphatic imine (C=N–C) groups is 1. The Morgan fingerprint density at radius 3 is 2.68 bits per heavy atom. The highest BCUT2D eigenvalue weighted by molar-refractivity contribution is 7.09. The van der Waals surface area contributed by atoms with Gasteiger partial charge in [-0.2, -0.15) is 0 Å². The normalized spacial score (nSPS) is 11.4. The summed E-state index contributed by atoms with van der Waals surface area (Å²) < 4.78 is 0. The molecule has 0 amide bonds. The summed E-state index contributed by atoms with van der Waals surface area (Å²) >= 11 is 1.75. The Kier molecular flexibility index (Phi) is 4.98. The Bertz CT molecular complexity index is 532. The van der Waals surface area contributed by atoms with Gasteiger partial charge in [-0.25, -0.2) is 0 Å². The van der Waals surface area contributed by atoms with Crippen LogP contribution < -0.4 is 10.6 Å². The van der Waals surface area contributed by atoms with Crippen LogP contribution in [0.3, 0.4) is 0 Å². The molecule has 2 rings (SSSR count). The topological polar surface area (TPSA) is 36.4 Å². The fourth-order valence-corrected chi connectivity index (χ4v) is 2.46. The molecule has 0 saturated heterocycles. The zero-order chi connectivity index (χ0) is 13.5. The van der Waals surface area contributed by atoms with E-state index in [9.17, 15) is 0 Å². The number of rotatable bonds is 4. The third kappa shape index (κ3) is 4.41. The smallest absolute Gasteiger partial charge is 0.191 e. The maximum atomic E-state index is 4.22. The summed E-state index contributed by atoms with van der Waals surface area (Å²) in [5.74, 6) is 0.829. The van der Waals surface area contributed by atoms with Gasteiger partial charge in [0.05, 0.1) is 6.54 Å². The first-order valence-electron chi connectivity index (χ1n) is 6.30. The molecule has 0 aliphatic heterocycles. The highest BCUT2D eigenvalue weighted by atomic mass is 32.1. The number of nitrogens with one attached hydrogen (secondary N) is 2. The maximum Gasteiger partial charge on any atom is 0.191 e. The van der Waals surface area contributed by atoms with Crippen molar-refractivity contribution in [2.24, 2.45) is 4.99 Å². The summed E-state index contributed by atoms with van der Waals surface area (Å²) in [6, 6.07) is 12.7.